The molecule has 15 heavy (non-hydrogen) atoms. The first-order valence-electron chi connectivity index (χ1n) is 5.57. The van der Waals surface area contributed by atoms with E-state index < -0.39 is 0 Å². The number of pyridine rings is 1. The Balaban J connectivity index is 2.27. The molecule has 1 saturated heterocycles. The summed E-state index contributed by atoms with van der Waals surface area (Å²) < 4.78 is 1.06. The summed E-state index contributed by atoms with van der Waals surface area (Å²) in [6.07, 6.45) is 5.83. The van der Waals surface area contributed by atoms with Crippen LogP contribution in [0.15, 0.2) is 16.7 Å². The summed E-state index contributed by atoms with van der Waals surface area (Å²) in [4.78, 5) is 6.97. The lowest BCUT2D eigenvalue weighted by atomic mass is 10.0. The van der Waals surface area contributed by atoms with Gasteiger partial charge in [0, 0.05) is 23.3 Å². The minimum absolute atomic E-state index is 0.631. The van der Waals surface area contributed by atoms with E-state index in [-0.39, 0.29) is 0 Å². The Hall–Kier alpha value is -0.570. The third-order valence-electron chi connectivity index (χ3n) is 3.09. The van der Waals surface area contributed by atoms with Gasteiger partial charge in [0.25, 0.3) is 0 Å². The topological polar surface area (TPSA) is 16.1 Å². The van der Waals surface area contributed by atoms with Gasteiger partial charge in [-0.15, -0.1) is 0 Å². The Morgan fingerprint density at radius 1 is 1.47 bits per heavy atom. The maximum absolute atomic E-state index is 4.53. The van der Waals surface area contributed by atoms with Crippen molar-refractivity contribution in [3.8, 4) is 0 Å². The Labute approximate surface area is 99.8 Å². The van der Waals surface area contributed by atoms with Crippen molar-refractivity contribution >= 4 is 21.7 Å². The van der Waals surface area contributed by atoms with E-state index >= 15 is 0 Å². The monoisotopic (exact) mass is 268 g/mol. The lowest BCUT2D eigenvalue weighted by Crippen LogP contribution is -2.38. The summed E-state index contributed by atoms with van der Waals surface area (Å²) in [5.74, 6) is 1.16. The number of nitrogens with zero attached hydrogens (tertiary/aromatic N) is 2. The molecule has 0 bridgehead atoms. The maximum Gasteiger partial charge on any atom is 0.131 e. The molecular weight excluding hydrogens is 252 g/mol. The fourth-order valence-corrected chi connectivity index (χ4v) is 2.69. The van der Waals surface area contributed by atoms with E-state index in [0.717, 1.165) is 16.8 Å². The molecule has 3 heteroatoms. The number of aromatic nitrogens is 1. The van der Waals surface area contributed by atoms with E-state index in [9.17, 15) is 0 Å². The zero-order valence-corrected chi connectivity index (χ0v) is 10.9. The molecule has 1 aliphatic heterocycles. The third-order valence-corrected chi connectivity index (χ3v) is 3.53. The molecule has 2 nitrogen and oxygen atoms in total. The quantitative estimate of drug-likeness (QED) is 0.775. The largest absolute Gasteiger partial charge is 0.354 e. The molecule has 82 valence electrons. The smallest absolute Gasteiger partial charge is 0.131 e. The van der Waals surface area contributed by atoms with Crippen LogP contribution >= 0.6 is 15.9 Å². The first-order chi connectivity index (χ1) is 7.18. The van der Waals surface area contributed by atoms with Crippen LogP contribution in [0.2, 0.25) is 0 Å². The standard InChI is InChI=1S/C12H17BrN2/c1-9-7-11(13)8-14-12(9)15-6-4-3-5-10(15)2/h7-8,10H,3-6H2,1-2H3/t10-/m1/s1. The SMILES string of the molecule is Cc1cc(Br)cnc1N1CCCC[C@H]1C. The summed E-state index contributed by atoms with van der Waals surface area (Å²) >= 11 is 3.45. The number of anilines is 1. The van der Waals surface area contributed by atoms with E-state index in [2.05, 4.69) is 45.7 Å². The van der Waals surface area contributed by atoms with E-state index in [1.54, 1.807) is 0 Å². The fourth-order valence-electron chi connectivity index (χ4n) is 2.25. The first kappa shape index (κ1) is 10.9. The lowest BCUT2D eigenvalue weighted by molar-refractivity contribution is 0.480. The van der Waals surface area contributed by atoms with Crippen LogP contribution in [-0.2, 0) is 0 Å². The van der Waals surface area contributed by atoms with Crippen LogP contribution < -0.4 is 4.90 Å². The molecule has 0 aliphatic carbocycles. The van der Waals surface area contributed by atoms with Gasteiger partial charge in [0.15, 0.2) is 0 Å². The van der Waals surface area contributed by atoms with Gasteiger partial charge in [0.1, 0.15) is 5.82 Å². The maximum atomic E-state index is 4.53. The number of halogens is 1. The summed E-state index contributed by atoms with van der Waals surface area (Å²) in [6.45, 7) is 5.58. The van der Waals surface area contributed by atoms with Gasteiger partial charge in [-0.25, -0.2) is 4.98 Å². The molecule has 0 N–H and O–H groups in total. The van der Waals surface area contributed by atoms with Gasteiger partial charge in [-0.05, 0) is 60.7 Å². The van der Waals surface area contributed by atoms with Crippen LogP contribution in [-0.4, -0.2) is 17.6 Å². The van der Waals surface area contributed by atoms with Crippen LogP contribution in [0.25, 0.3) is 0 Å². The highest BCUT2D eigenvalue weighted by Crippen LogP contribution is 2.26. The number of piperidine rings is 1. The van der Waals surface area contributed by atoms with Crippen molar-refractivity contribution in [2.45, 2.75) is 39.2 Å². The molecule has 0 saturated carbocycles. The van der Waals surface area contributed by atoms with Crippen LogP contribution in [0.1, 0.15) is 31.7 Å². The predicted octanol–water partition coefficient (Wildman–Crippen LogP) is 3.53. The van der Waals surface area contributed by atoms with Crippen molar-refractivity contribution in [3.63, 3.8) is 0 Å². The molecule has 1 aromatic rings. The zero-order chi connectivity index (χ0) is 10.8. The van der Waals surface area contributed by atoms with Crippen LogP contribution in [0, 0.1) is 6.92 Å². The van der Waals surface area contributed by atoms with E-state index in [0.29, 0.717) is 6.04 Å². The molecule has 0 aromatic carbocycles. The molecule has 1 aliphatic rings. The average Bonchev–Trinajstić information content (AvgIpc) is 2.20. The molecule has 1 aromatic heterocycles. The molecule has 2 heterocycles. The fraction of sp³-hybridized carbons (Fsp3) is 0.583. The average molecular weight is 269 g/mol. The number of rotatable bonds is 1. The summed E-state index contributed by atoms with van der Waals surface area (Å²) in [5.41, 5.74) is 1.26. The highest BCUT2D eigenvalue weighted by atomic mass is 79.9. The lowest BCUT2D eigenvalue weighted by Gasteiger charge is -2.35. The molecule has 0 amide bonds. The van der Waals surface area contributed by atoms with Gasteiger partial charge in [-0.3, -0.25) is 0 Å². The van der Waals surface area contributed by atoms with Gasteiger partial charge in [0.2, 0.25) is 0 Å². The van der Waals surface area contributed by atoms with Gasteiger partial charge < -0.3 is 4.90 Å². The van der Waals surface area contributed by atoms with Crippen molar-refractivity contribution in [1.82, 2.24) is 4.98 Å². The van der Waals surface area contributed by atoms with E-state index in [4.69, 9.17) is 0 Å². The third kappa shape index (κ3) is 2.33. The molecule has 0 radical (unpaired) electrons. The molecule has 2 rings (SSSR count). The molecule has 0 unspecified atom stereocenters. The summed E-state index contributed by atoms with van der Waals surface area (Å²) in [5, 5.41) is 0. The number of hydrogen-bond acceptors (Lipinski definition) is 2. The zero-order valence-electron chi connectivity index (χ0n) is 9.33. The Kier molecular flexibility index (Phi) is 3.29. The van der Waals surface area contributed by atoms with Gasteiger partial charge in [-0.2, -0.15) is 0 Å². The highest BCUT2D eigenvalue weighted by molar-refractivity contribution is 9.10. The van der Waals surface area contributed by atoms with Crippen molar-refractivity contribution in [3.05, 3.63) is 22.3 Å². The molecule has 0 spiro atoms. The van der Waals surface area contributed by atoms with Crippen molar-refractivity contribution in [1.29, 1.82) is 0 Å². The molecule has 1 fully saturated rings. The van der Waals surface area contributed by atoms with E-state index in [1.165, 1.54) is 24.8 Å². The Bertz CT molecular complexity index is 351. The van der Waals surface area contributed by atoms with Crippen molar-refractivity contribution in [2.75, 3.05) is 11.4 Å². The van der Waals surface area contributed by atoms with Crippen molar-refractivity contribution < 1.29 is 0 Å². The van der Waals surface area contributed by atoms with Crippen LogP contribution in [0.4, 0.5) is 5.82 Å². The normalized spacial score (nSPS) is 21.8. The summed E-state index contributed by atoms with van der Waals surface area (Å²) in [7, 11) is 0. The second kappa shape index (κ2) is 4.52. The minimum atomic E-state index is 0.631. The second-order valence-corrected chi connectivity index (χ2v) is 5.25. The number of aryl methyl sites for hydroxylation is 1. The second-order valence-electron chi connectivity index (χ2n) is 4.33. The van der Waals surface area contributed by atoms with Gasteiger partial charge in [0.05, 0.1) is 0 Å². The van der Waals surface area contributed by atoms with Crippen molar-refractivity contribution in [2.24, 2.45) is 0 Å². The Morgan fingerprint density at radius 3 is 2.93 bits per heavy atom. The summed E-state index contributed by atoms with van der Waals surface area (Å²) in [6, 6.07) is 2.77. The van der Waals surface area contributed by atoms with Crippen LogP contribution in [0.3, 0.4) is 0 Å². The first-order valence-corrected chi connectivity index (χ1v) is 6.36. The van der Waals surface area contributed by atoms with E-state index in [1.807, 2.05) is 6.20 Å². The molecular formula is C12H17BrN2. The van der Waals surface area contributed by atoms with Gasteiger partial charge >= 0.3 is 0 Å². The minimum Gasteiger partial charge on any atom is -0.354 e. The molecule has 1 atom stereocenters. The Morgan fingerprint density at radius 2 is 2.27 bits per heavy atom. The highest BCUT2D eigenvalue weighted by Gasteiger charge is 2.20. The van der Waals surface area contributed by atoms with Gasteiger partial charge in [-0.1, -0.05) is 0 Å². The van der Waals surface area contributed by atoms with Crippen LogP contribution in [0.5, 0.6) is 0 Å². The number of hydrogen-bond donors (Lipinski definition) is 0. The predicted molar refractivity (Wildman–Crippen MR) is 67.3 cm³/mol.